The molecule has 0 bridgehead atoms. The summed E-state index contributed by atoms with van der Waals surface area (Å²) < 4.78 is 18.2. The third-order valence-electron chi connectivity index (χ3n) is 3.98. The van der Waals surface area contributed by atoms with Crippen LogP contribution in [0, 0.1) is 5.82 Å². The van der Waals surface area contributed by atoms with Gasteiger partial charge in [-0.1, -0.05) is 6.07 Å². The van der Waals surface area contributed by atoms with E-state index in [1.165, 1.54) is 24.3 Å². The Labute approximate surface area is 150 Å². The van der Waals surface area contributed by atoms with Gasteiger partial charge in [0, 0.05) is 30.0 Å². The molecule has 3 rings (SSSR count). The number of nitrogens with one attached hydrogen (secondary N) is 2. The fraction of sp³-hybridized carbons (Fsp3) is 0.263. The first-order chi connectivity index (χ1) is 12.6. The van der Waals surface area contributed by atoms with Gasteiger partial charge in [0.15, 0.2) is 0 Å². The summed E-state index contributed by atoms with van der Waals surface area (Å²) >= 11 is 0. The van der Waals surface area contributed by atoms with Crippen molar-refractivity contribution in [1.29, 1.82) is 0 Å². The quantitative estimate of drug-likeness (QED) is 0.862. The second-order valence-electron chi connectivity index (χ2n) is 5.98. The van der Waals surface area contributed by atoms with Gasteiger partial charge in [-0.15, -0.1) is 0 Å². The van der Waals surface area contributed by atoms with Crippen molar-refractivity contribution in [2.75, 3.05) is 43.5 Å². The lowest BCUT2D eigenvalue weighted by Gasteiger charge is -2.25. The number of anilines is 2. The molecular weight excluding hydrogens is 337 g/mol. The molecule has 7 heteroatoms. The molecule has 0 aromatic heterocycles. The standard InChI is InChI=1S/C19H20FN3O3/c20-15-6-4-14(5-7-15)19(25)22-17-3-1-2-16(12-17)21-18(24)13-23-8-10-26-11-9-23/h1-7,12H,8-11,13H2,(H,21,24)(H,22,25). The van der Waals surface area contributed by atoms with Crippen LogP contribution in [0.5, 0.6) is 0 Å². The summed E-state index contributed by atoms with van der Waals surface area (Å²) in [6.45, 7) is 3.05. The van der Waals surface area contributed by atoms with Crippen molar-refractivity contribution in [3.8, 4) is 0 Å². The molecule has 2 aromatic rings. The third-order valence-corrected chi connectivity index (χ3v) is 3.98. The number of morpholine rings is 1. The number of amides is 2. The molecule has 6 nitrogen and oxygen atoms in total. The Kier molecular flexibility index (Phi) is 5.93. The smallest absolute Gasteiger partial charge is 0.255 e. The molecule has 0 atom stereocenters. The van der Waals surface area contributed by atoms with Gasteiger partial charge in [-0.2, -0.15) is 0 Å². The van der Waals surface area contributed by atoms with E-state index < -0.39 is 5.82 Å². The summed E-state index contributed by atoms with van der Waals surface area (Å²) in [5.41, 5.74) is 1.50. The van der Waals surface area contributed by atoms with Crippen molar-refractivity contribution >= 4 is 23.2 Å². The van der Waals surface area contributed by atoms with Crippen molar-refractivity contribution in [2.24, 2.45) is 0 Å². The minimum atomic E-state index is -0.397. The van der Waals surface area contributed by atoms with E-state index in [4.69, 9.17) is 4.74 Å². The Morgan fingerprint density at radius 3 is 2.35 bits per heavy atom. The molecular formula is C19H20FN3O3. The lowest BCUT2D eigenvalue weighted by atomic mass is 10.2. The Balaban J connectivity index is 1.57. The lowest BCUT2D eigenvalue weighted by Crippen LogP contribution is -2.41. The first-order valence-electron chi connectivity index (χ1n) is 8.37. The molecule has 2 aromatic carbocycles. The molecule has 2 amide bonds. The topological polar surface area (TPSA) is 70.7 Å². The molecule has 0 spiro atoms. The zero-order chi connectivity index (χ0) is 18.4. The maximum absolute atomic E-state index is 12.9. The van der Waals surface area contributed by atoms with Crippen LogP contribution in [0.15, 0.2) is 48.5 Å². The van der Waals surface area contributed by atoms with Gasteiger partial charge in [-0.3, -0.25) is 14.5 Å². The largest absolute Gasteiger partial charge is 0.379 e. The molecule has 0 saturated carbocycles. The molecule has 1 aliphatic heterocycles. The van der Waals surface area contributed by atoms with Crippen LogP contribution in [0.25, 0.3) is 0 Å². The molecule has 1 fully saturated rings. The molecule has 0 aliphatic carbocycles. The van der Waals surface area contributed by atoms with E-state index in [1.54, 1.807) is 24.3 Å². The maximum Gasteiger partial charge on any atom is 0.255 e. The average Bonchev–Trinajstić information content (AvgIpc) is 2.63. The summed E-state index contributed by atoms with van der Waals surface area (Å²) in [7, 11) is 0. The average molecular weight is 357 g/mol. The molecule has 2 N–H and O–H groups in total. The molecule has 26 heavy (non-hydrogen) atoms. The highest BCUT2D eigenvalue weighted by Gasteiger charge is 2.14. The molecule has 1 aliphatic rings. The molecule has 136 valence electrons. The van der Waals surface area contributed by atoms with Crippen LogP contribution in [0.4, 0.5) is 15.8 Å². The second kappa shape index (κ2) is 8.55. The van der Waals surface area contributed by atoms with Gasteiger partial charge in [0.25, 0.3) is 5.91 Å². The van der Waals surface area contributed by atoms with Crippen molar-refractivity contribution in [1.82, 2.24) is 4.90 Å². The van der Waals surface area contributed by atoms with E-state index in [9.17, 15) is 14.0 Å². The summed E-state index contributed by atoms with van der Waals surface area (Å²) in [6.07, 6.45) is 0. The van der Waals surface area contributed by atoms with Crippen LogP contribution < -0.4 is 10.6 Å². The number of hydrogen-bond donors (Lipinski definition) is 2. The number of hydrogen-bond acceptors (Lipinski definition) is 4. The van der Waals surface area contributed by atoms with Gasteiger partial charge in [-0.25, -0.2) is 4.39 Å². The van der Waals surface area contributed by atoms with Gasteiger partial charge in [0.1, 0.15) is 5.82 Å². The number of benzene rings is 2. The van der Waals surface area contributed by atoms with Crippen molar-refractivity contribution in [2.45, 2.75) is 0 Å². The lowest BCUT2D eigenvalue weighted by molar-refractivity contribution is -0.118. The van der Waals surface area contributed by atoms with Crippen LogP contribution in [0.3, 0.4) is 0 Å². The minimum absolute atomic E-state index is 0.117. The summed E-state index contributed by atoms with van der Waals surface area (Å²) in [4.78, 5) is 26.4. The first kappa shape index (κ1) is 18.0. The number of rotatable bonds is 5. The highest BCUT2D eigenvalue weighted by atomic mass is 19.1. The van der Waals surface area contributed by atoms with Crippen LogP contribution in [-0.2, 0) is 9.53 Å². The highest BCUT2D eigenvalue weighted by molar-refractivity contribution is 6.04. The molecule has 1 saturated heterocycles. The van der Waals surface area contributed by atoms with E-state index in [2.05, 4.69) is 10.6 Å². The van der Waals surface area contributed by atoms with Crippen LogP contribution in [-0.4, -0.2) is 49.6 Å². The van der Waals surface area contributed by atoms with E-state index in [-0.39, 0.29) is 11.8 Å². The van der Waals surface area contributed by atoms with Crippen LogP contribution >= 0.6 is 0 Å². The van der Waals surface area contributed by atoms with Crippen LogP contribution in [0.2, 0.25) is 0 Å². The summed E-state index contributed by atoms with van der Waals surface area (Å²) in [5.74, 6) is -0.859. The van der Waals surface area contributed by atoms with E-state index in [1.807, 2.05) is 4.90 Å². The Bertz CT molecular complexity index is 774. The van der Waals surface area contributed by atoms with Gasteiger partial charge in [-0.05, 0) is 42.5 Å². The molecule has 1 heterocycles. The zero-order valence-corrected chi connectivity index (χ0v) is 14.2. The molecule has 0 radical (unpaired) electrons. The Morgan fingerprint density at radius 1 is 1.00 bits per heavy atom. The Morgan fingerprint density at radius 2 is 1.65 bits per heavy atom. The fourth-order valence-electron chi connectivity index (χ4n) is 2.64. The number of halogens is 1. The number of ether oxygens (including phenoxy) is 1. The summed E-state index contributed by atoms with van der Waals surface area (Å²) in [5, 5.41) is 5.56. The molecule has 0 unspecified atom stereocenters. The fourth-order valence-corrected chi connectivity index (χ4v) is 2.64. The third kappa shape index (κ3) is 5.11. The predicted octanol–water partition coefficient (Wildman–Crippen LogP) is 2.35. The van der Waals surface area contributed by atoms with Gasteiger partial charge in [0.05, 0.1) is 19.8 Å². The SMILES string of the molecule is O=C(CN1CCOCC1)Nc1cccc(NC(=O)c2ccc(F)cc2)c1. The van der Waals surface area contributed by atoms with E-state index in [0.29, 0.717) is 36.7 Å². The predicted molar refractivity (Wildman–Crippen MR) is 96.7 cm³/mol. The van der Waals surface area contributed by atoms with Gasteiger partial charge in [0.2, 0.25) is 5.91 Å². The summed E-state index contributed by atoms with van der Waals surface area (Å²) in [6, 6.07) is 12.2. The normalized spacial score (nSPS) is 14.7. The van der Waals surface area contributed by atoms with Gasteiger partial charge < -0.3 is 15.4 Å². The van der Waals surface area contributed by atoms with Crippen LogP contribution in [0.1, 0.15) is 10.4 Å². The Hall–Kier alpha value is -2.77. The second-order valence-corrected chi connectivity index (χ2v) is 5.98. The zero-order valence-electron chi connectivity index (χ0n) is 14.2. The van der Waals surface area contributed by atoms with Crippen molar-refractivity contribution in [3.63, 3.8) is 0 Å². The number of carbonyl (C=O) groups excluding carboxylic acids is 2. The van der Waals surface area contributed by atoms with Crippen molar-refractivity contribution in [3.05, 3.63) is 59.9 Å². The van der Waals surface area contributed by atoms with Crippen molar-refractivity contribution < 1.29 is 18.7 Å². The van der Waals surface area contributed by atoms with E-state index >= 15 is 0 Å². The number of carbonyl (C=O) groups is 2. The maximum atomic E-state index is 12.9. The minimum Gasteiger partial charge on any atom is -0.379 e. The monoisotopic (exact) mass is 357 g/mol. The highest BCUT2D eigenvalue weighted by Crippen LogP contribution is 2.16. The number of nitrogens with zero attached hydrogens (tertiary/aromatic N) is 1. The van der Waals surface area contributed by atoms with E-state index in [0.717, 1.165) is 13.1 Å². The van der Waals surface area contributed by atoms with Gasteiger partial charge >= 0.3 is 0 Å². The first-order valence-corrected chi connectivity index (χ1v) is 8.37.